The zero-order valence-corrected chi connectivity index (χ0v) is 11.2. The fourth-order valence-corrected chi connectivity index (χ4v) is 2.45. The van der Waals surface area contributed by atoms with E-state index in [1.165, 1.54) is 18.3 Å². The van der Waals surface area contributed by atoms with E-state index in [-0.39, 0.29) is 24.2 Å². The molecule has 0 spiro atoms. The third kappa shape index (κ3) is 3.14. The molecule has 20 heavy (non-hydrogen) atoms. The molecule has 1 fully saturated rings. The minimum Gasteiger partial charge on any atom is -0.477 e. The Bertz CT molecular complexity index is 486. The second-order valence-corrected chi connectivity index (χ2v) is 4.92. The highest BCUT2D eigenvalue weighted by Crippen LogP contribution is 2.19. The van der Waals surface area contributed by atoms with Crippen molar-refractivity contribution in [2.24, 2.45) is 0 Å². The summed E-state index contributed by atoms with van der Waals surface area (Å²) in [5, 5.41) is 18.2. The standard InChI is InChI=1S/C14H18N2O4/c17-9-11-4-2-1-3-7-16(11)13(18)10-5-6-12(14(19)20)15-8-10/h5-6,8,11,17H,1-4,7,9H2,(H,19,20). The third-order valence-electron chi connectivity index (χ3n) is 3.58. The maximum absolute atomic E-state index is 12.4. The topological polar surface area (TPSA) is 90.7 Å². The lowest BCUT2D eigenvalue weighted by Crippen LogP contribution is -2.42. The molecule has 1 aliphatic heterocycles. The number of hydrogen-bond acceptors (Lipinski definition) is 4. The molecule has 1 aliphatic rings. The number of carboxylic acid groups (broad SMARTS) is 1. The molecule has 0 aliphatic carbocycles. The first-order valence-corrected chi connectivity index (χ1v) is 6.74. The summed E-state index contributed by atoms with van der Waals surface area (Å²) in [5.41, 5.74) is 0.270. The van der Waals surface area contributed by atoms with Crippen LogP contribution in [0, 0.1) is 0 Å². The quantitative estimate of drug-likeness (QED) is 0.865. The highest BCUT2D eigenvalue weighted by Gasteiger charge is 2.26. The number of rotatable bonds is 3. The van der Waals surface area contributed by atoms with Gasteiger partial charge in [0.2, 0.25) is 0 Å². The number of aliphatic hydroxyl groups excluding tert-OH is 1. The molecule has 6 nitrogen and oxygen atoms in total. The number of amides is 1. The van der Waals surface area contributed by atoms with Crippen LogP contribution in [-0.4, -0.2) is 51.2 Å². The molecular weight excluding hydrogens is 260 g/mol. The van der Waals surface area contributed by atoms with Crippen LogP contribution in [0.25, 0.3) is 0 Å². The minimum absolute atomic E-state index is 0.0492. The highest BCUT2D eigenvalue weighted by atomic mass is 16.4. The molecule has 2 N–H and O–H groups in total. The van der Waals surface area contributed by atoms with Crippen molar-refractivity contribution in [3.8, 4) is 0 Å². The summed E-state index contributed by atoms with van der Waals surface area (Å²) in [6, 6.07) is 2.63. The van der Waals surface area contributed by atoms with Crippen molar-refractivity contribution in [2.75, 3.05) is 13.2 Å². The van der Waals surface area contributed by atoms with Gasteiger partial charge in [-0.15, -0.1) is 0 Å². The molecule has 1 unspecified atom stereocenters. The number of nitrogens with zero attached hydrogens (tertiary/aromatic N) is 2. The Morgan fingerprint density at radius 3 is 2.70 bits per heavy atom. The Hall–Kier alpha value is -1.95. The van der Waals surface area contributed by atoms with Gasteiger partial charge in [0.25, 0.3) is 5.91 Å². The number of hydrogen-bond donors (Lipinski definition) is 2. The number of aromatic nitrogens is 1. The maximum Gasteiger partial charge on any atom is 0.354 e. The van der Waals surface area contributed by atoms with E-state index in [2.05, 4.69) is 4.98 Å². The number of carboxylic acids is 1. The van der Waals surface area contributed by atoms with Crippen LogP contribution < -0.4 is 0 Å². The normalized spacial score (nSPS) is 19.4. The van der Waals surface area contributed by atoms with E-state index in [0.717, 1.165) is 25.7 Å². The van der Waals surface area contributed by atoms with E-state index in [4.69, 9.17) is 5.11 Å². The smallest absolute Gasteiger partial charge is 0.354 e. The van der Waals surface area contributed by atoms with Crippen LogP contribution in [0.1, 0.15) is 46.5 Å². The lowest BCUT2D eigenvalue weighted by atomic mass is 10.1. The number of pyridine rings is 1. The van der Waals surface area contributed by atoms with E-state index >= 15 is 0 Å². The van der Waals surface area contributed by atoms with E-state index < -0.39 is 5.97 Å². The van der Waals surface area contributed by atoms with E-state index in [1.807, 2.05) is 0 Å². The number of carbonyl (C=O) groups is 2. The monoisotopic (exact) mass is 278 g/mol. The first-order valence-electron chi connectivity index (χ1n) is 6.74. The molecule has 1 amide bonds. The zero-order chi connectivity index (χ0) is 14.5. The van der Waals surface area contributed by atoms with Crippen molar-refractivity contribution in [3.05, 3.63) is 29.6 Å². The molecule has 0 radical (unpaired) electrons. The van der Waals surface area contributed by atoms with Gasteiger partial charge in [-0.05, 0) is 25.0 Å². The Balaban J connectivity index is 2.17. The Kier molecular flexibility index (Phi) is 4.68. The molecule has 6 heteroatoms. The van der Waals surface area contributed by atoms with Crippen molar-refractivity contribution in [2.45, 2.75) is 31.7 Å². The molecule has 1 atom stereocenters. The van der Waals surface area contributed by atoms with Crippen molar-refractivity contribution in [1.29, 1.82) is 0 Å². The SMILES string of the molecule is O=C(O)c1ccc(C(=O)N2CCCCCC2CO)cn1. The molecule has 1 aromatic heterocycles. The van der Waals surface area contributed by atoms with E-state index in [1.54, 1.807) is 4.90 Å². The van der Waals surface area contributed by atoms with Gasteiger partial charge < -0.3 is 15.1 Å². The summed E-state index contributed by atoms with van der Waals surface area (Å²) in [5.74, 6) is -1.32. The number of aliphatic hydroxyl groups is 1. The Morgan fingerprint density at radius 1 is 1.30 bits per heavy atom. The number of likely N-dealkylation sites (tertiary alicyclic amines) is 1. The molecule has 0 aromatic carbocycles. The molecule has 1 saturated heterocycles. The predicted octanol–water partition coefficient (Wildman–Crippen LogP) is 1.16. The van der Waals surface area contributed by atoms with Crippen molar-refractivity contribution in [1.82, 2.24) is 9.88 Å². The minimum atomic E-state index is -1.12. The average Bonchev–Trinajstić information content (AvgIpc) is 2.71. The Labute approximate surface area is 117 Å². The molecule has 2 heterocycles. The van der Waals surface area contributed by atoms with Crippen molar-refractivity contribution >= 4 is 11.9 Å². The second kappa shape index (κ2) is 6.47. The lowest BCUT2D eigenvalue weighted by Gasteiger charge is -2.28. The summed E-state index contributed by atoms with van der Waals surface area (Å²) in [6.07, 6.45) is 5.05. The second-order valence-electron chi connectivity index (χ2n) is 4.92. The van der Waals surface area contributed by atoms with Gasteiger partial charge in [-0.3, -0.25) is 4.79 Å². The fourth-order valence-electron chi connectivity index (χ4n) is 2.45. The zero-order valence-electron chi connectivity index (χ0n) is 11.2. The van der Waals surface area contributed by atoms with Crippen LogP contribution >= 0.6 is 0 Å². The largest absolute Gasteiger partial charge is 0.477 e. The number of carbonyl (C=O) groups excluding carboxylic acids is 1. The van der Waals surface area contributed by atoms with Gasteiger partial charge in [0.15, 0.2) is 0 Å². The third-order valence-corrected chi connectivity index (χ3v) is 3.58. The number of aromatic carboxylic acids is 1. The molecule has 1 aromatic rings. The van der Waals surface area contributed by atoms with Gasteiger partial charge >= 0.3 is 5.97 Å². The fraction of sp³-hybridized carbons (Fsp3) is 0.500. The van der Waals surface area contributed by atoms with Gasteiger partial charge in [-0.25, -0.2) is 9.78 Å². The summed E-state index contributed by atoms with van der Waals surface area (Å²) in [6.45, 7) is 0.567. The molecule has 0 bridgehead atoms. The summed E-state index contributed by atoms with van der Waals surface area (Å²) in [4.78, 5) is 28.6. The molecular formula is C14H18N2O4. The van der Waals surface area contributed by atoms with Crippen LogP contribution in [0.5, 0.6) is 0 Å². The van der Waals surface area contributed by atoms with E-state index in [0.29, 0.717) is 12.1 Å². The van der Waals surface area contributed by atoms with E-state index in [9.17, 15) is 14.7 Å². The average molecular weight is 278 g/mol. The summed E-state index contributed by atoms with van der Waals surface area (Å²) in [7, 11) is 0. The van der Waals surface area contributed by atoms with Crippen LogP contribution in [0.3, 0.4) is 0 Å². The van der Waals surface area contributed by atoms with Crippen molar-refractivity contribution in [3.63, 3.8) is 0 Å². The van der Waals surface area contributed by atoms with Crippen LogP contribution in [0.2, 0.25) is 0 Å². The molecule has 2 rings (SSSR count). The predicted molar refractivity (Wildman–Crippen MR) is 71.6 cm³/mol. The van der Waals surface area contributed by atoms with Gasteiger partial charge in [-0.2, -0.15) is 0 Å². The lowest BCUT2D eigenvalue weighted by molar-refractivity contribution is 0.0597. The van der Waals surface area contributed by atoms with Gasteiger partial charge in [0, 0.05) is 12.7 Å². The summed E-state index contributed by atoms with van der Waals surface area (Å²) < 4.78 is 0. The summed E-state index contributed by atoms with van der Waals surface area (Å²) >= 11 is 0. The first-order chi connectivity index (χ1) is 9.63. The van der Waals surface area contributed by atoms with Crippen LogP contribution in [-0.2, 0) is 0 Å². The van der Waals surface area contributed by atoms with Crippen LogP contribution in [0.15, 0.2) is 18.3 Å². The molecule has 108 valence electrons. The highest BCUT2D eigenvalue weighted by molar-refractivity contribution is 5.95. The van der Waals surface area contributed by atoms with Crippen LogP contribution in [0.4, 0.5) is 0 Å². The molecule has 0 saturated carbocycles. The Morgan fingerprint density at radius 2 is 2.10 bits per heavy atom. The van der Waals surface area contributed by atoms with Gasteiger partial charge in [0.1, 0.15) is 5.69 Å². The first kappa shape index (κ1) is 14.5. The van der Waals surface area contributed by atoms with Gasteiger partial charge in [0.05, 0.1) is 18.2 Å². The maximum atomic E-state index is 12.4. The van der Waals surface area contributed by atoms with Gasteiger partial charge in [-0.1, -0.05) is 12.8 Å². The van der Waals surface area contributed by atoms with Crippen molar-refractivity contribution < 1.29 is 19.8 Å².